The lowest BCUT2D eigenvalue weighted by Gasteiger charge is -2.08. The van der Waals surface area contributed by atoms with Crippen molar-refractivity contribution in [2.75, 3.05) is 11.9 Å². The number of halogens is 1. The molecule has 138 valence electrons. The van der Waals surface area contributed by atoms with Crippen molar-refractivity contribution in [1.29, 1.82) is 0 Å². The molecule has 6 nitrogen and oxygen atoms in total. The van der Waals surface area contributed by atoms with E-state index in [1.807, 2.05) is 32.0 Å². The third kappa shape index (κ3) is 4.62. The van der Waals surface area contributed by atoms with Gasteiger partial charge in [0.2, 0.25) is 0 Å². The Labute approximate surface area is 163 Å². The maximum absolute atomic E-state index is 12.2. The predicted molar refractivity (Wildman–Crippen MR) is 105 cm³/mol. The van der Waals surface area contributed by atoms with Crippen LogP contribution in [0.15, 0.2) is 56.1 Å². The number of anilines is 1. The Morgan fingerprint density at radius 2 is 1.78 bits per heavy atom. The van der Waals surface area contributed by atoms with E-state index >= 15 is 0 Å². The fraction of sp³-hybridized carbons (Fsp3) is 0.150. The summed E-state index contributed by atoms with van der Waals surface area (Å²) in [7, 11) is 0. The van der Waals surface area contributed by atoms with Crippen molar-refractivity contribution in [3.05, 3.63) is 74.0 Å². The fourth-order valence-electron chi connectivity index (χ4n) is 2.69. The Morgan fingerprint density at radius 3 is 2.48 bits per heavy atom. The summed E-state index contributed by atoms with van der Waals surface area (Å²) in [5, 5.41) is 3.22. The van der Waals surface area contributed by atoms with E-state index in [9.17, 15) is 14.4 Å². The first-order valence-corrected chi connectivity index (χ1v) is 8.90. The van der Waals surface area contributed by atoms with Crippen molar-refractivity contribution in [3.8, 4) is 0 Å². The van der Waals surface area contributed by atoms with Gasteiger partial charge in [0.15, 0.2) is 6.61 Å². The summed E-state index contributed by atoms with van der Waals surface area (Å²) in [5.74, 6) is -1.41. The Balaban J connectivity index is 1.70. The van der Waals surface area contributed by atoms with E-state index in [0.717, 1.165) is 15.6 Å². The largest absolute Gasteiger partial charge is 0.452 e. The van der Waals surface area contributed by atoms with Crippen molar-refractivity contribution < 1.29 is 18.7 Å². The highest BCUT2D eigenvalue weighted by Crippen LogP contribution is 2.19. The van der Waals surface area contributed by atoms with Crippen LogP contribution in [0, 0.1) is 13.8 Å². The molecule has 0 fully saturated rings. The zero-order valence-corrected chi connectivity index (χ0v) is 16.3. The van der Waals surface area contributed by atoms with Gasteiger partial charge in [0, 0.05) is 15.5 Å². The van der Waals surface area contributed by atoms with Crippen LogP contribution in [0.4, 0.5) is 5.69 Å². The molecule has 0 unspecified atom stereocenters. The molecule has 3 rings (SSSR count). The smallest absolute Gasteiger partial charge is 0.351 e. The van der Waals surface area contributed by atoms with Gasteiger partial charge in [0.05, 0.1) is 0 Å². The minimum absolute atomic E-state index is 0.264. The van der Waals surface area contributed by atoms with E-state index in [1.54, 1.807) is 18.2 Å². The topological polar surface area (TPSA) is 85.6 Å². The molecule has 0 saturated heterocycles. The molecular formula is C20H16BrNO5. The van der Waals surface area contributed by atoms with E-state index in [2.05, 4.69) is 21.2 Å². The summed E-state index contributed by atoms with van der Waals surface area (Å²) < 4.78 is 10.9. The second-order valence-electron chi connectivity index (χ2n) is 6.13. The van der Waals surface area contributed by atoms with Gasteiger partial charge in [-0.1, -0.05) is 22.0 Å². The molecule has 0 radical (unpaired) electrons. The van der Waals surface area contributed by atoms with Crippen LogP contribution in [-0.4, -0.2) is 18.5 Å². The summed E-state index contributed by atoms with van der Waals surface area (Å²) in [5.41, 5.74) is 1.89. The summed E-state index contributed by atoms with van der Waals surface area (Å²) in [6.07, 6.45) is 0. The number of esters is 1. The zero-order chi connectivity index (χ0) is 19.6. The number of rotatable bonds is 4. The number of hydrogen-bond donors (Lipinski definition) is 1. The Bertz CT molecular complexity index is 1080. The van der Waals surface area contributed by atoms with Gasteiger partial charge in [-0.2, -0.15) is 0 Å². The van der Waals surface area contributed by atoms with Crippen LogP contribution in [0.3, 0.4) is 0 Å². The second kappa shape index (κ2) is 7.75. The molecule has 0 atom stereocenters. The third-order valence-electron chi connectivity index (χ3n) is 3.75. The van der Waals surface area contributed by atoms with Gasteiger partial charge in [0.25, 0.3) is 5.91 Å². The fourth-order valence-corrected chi connectivity index (χ4v) is 3.07. The van der Waals surface area contributed by atoms with E-state index < -0.39 is 24.1 Å². The lowest BCUT2D eigenvalue weighted by atomic mass is 10.1. The van der Waals surface area contributed by atoms with Gasteiger partial charge < -0.3 is 14.5 Å². The van der Waals surface area contributed by atoms with Crippen LogP contribution in [0.1, 0.15) is 21.5 Å². The van der Waals surface area contributed by atoms with Gasteiger partial charge in [0.1, 0.15) is 11.1 Å². The molecule has 1 amide bonds. The zero-order valence-electron chi connectivity index (χ0n) is 14.7. The van der Waals surface area contributed by atoms with Gasteiger partial charge in [-0.25, -0.2) is 9.59 Å². The molecule has 0 saturated carbocycles. The summed E-state index contributed by atoms with van der Waals surface area (Å²) in [6.45, 7) is 3.32. The Hall–Kier alpha value is -2.93. The van der Waals surface area contributed by atoms with Crippen LogP contribution in [0.25, 0.3) is 11.0 Å². The van der Waals surface area contributed by atoms with E-state index in [1.165, 1.54) is 6.07 Å². The Morgan fingerprint density at radius 1 is 1.07 bits per heavy atom. The number of nitrogens with one attached hydrogen (secondary N) is 1. The standard InChI is InChI=1S/C20H16BrNO5/c1-11-5-12(2)7-15(6-11)22-18(23)10-26-19(24)16-9-13-8-14(21)3-4-17(13)27-20(16)25/h3-9H,10H2,1-2H3,(H,22,23). The van der Waals surface area contributed by atoms with Crippen molar-refractivity contribution in [2.24, 2.45) is 0 Å². The molecule has 0 bridgehead atoms. The number of carbonyl (C=O) groups is 2. The van der Waals surface area contributed by atoms with Crippen LogP contribution < -0.4 is 10.9 Å². The monoisotopic (exact) mass is 429 g/mol. The maximum Gasteiger partial charge on any atom is 0.351 e. The summed E-state index contributed by atoms with van der Waals surface area (Å²) >= 11 is 3.32. The van der Waals surface area contributed by atoms with Gasteiger partial charge in [-0.15, -0.1) is 0 Å². The first-order chi connectivity index (χ1) is 12.8. The number of aryl methyl sites for hydroxylation is 2. The summed E-state index contributed by atoms with van der Waals surface area (Å²) in [4.78, 5) is 36.2. The number of hydrogen-bond acceptors (Lipinski definition) is 5. The molecule has 2 aromatic carbocycles. The van der Waals surface area contributed by atoms with Crippen molar-refractivity contribution in [2.45, 2.75) is 13.8 Å². The molecule has 1 N–H and O–H groups in total. The highest BCUT2D eigenvalue weighted by atomic mass is 79.9. The minimum atomic E-state index is -0.916. The van der Waals surface area contributed by atoms with Crippen LogP contribution >= 0.6 is 15.9 Å². The van der Waals surface area contributed by atoms with E-state index in [-0.39, 0.29) is 5.56 Å². The molecule has 0 aliphatic rings. The minimum Gasteiger partial charge on any atom is -0.452 e. The first kappa shape index (κ1) is 18.8. The molecule has 0 aliphatic heterocycles. The number of amides is 1. The van der Waals surface area contributed by atoms with E-state index in [0.29, 0.717) is 16.7 Å². The Kier molecular flexibility index (Phi) is 5.41. The lowest BCUT2D eigenvalue weighted by Crippen LogP contribution is -2.23. The number of ether oxygens (including phenoxy) is 1. The lowest BCUT2D eigenvalue weighted by molar-refractivity contribution is -0.119. The molecule has 27 heavy (non-hydrogen) atoms. The van der Waals surface area contributed by atoms with Crippen molar-refractivity contribution >= 4 is 44.5 Å². The maximum atomic E-state index is 12.2. The van der Waals surface area contributed by atoms with E-state index in [4.69, 9.17) is 9.15 Å². The van der Waals surface area contributed by atoms with Crippen molar-refractivity contribution in [1.82, 2.24) is 0 Å². The highest BCUT2D eigenvalue weighted by Gasteiger charge is 2.17. The SMILES string of the molecule is Cc1cc(C)cc(NC(=O)COC(=O)c2cc3cc(Br)ccc3oc2=O)c1. The van der Waals surface area contributed by atoms with Crippen molar-refractivity contribution in [3.63, 3.8) is 0 Å². The summed E-state index contributed by atoms with van der Waals surface area (Å²) in [6, 6.07) is 12.0. The van der Waals surface area contributed by atoms with Crippen LogP contribution in [0.2, 0.25) is 0 Å². The average Bonchev–Trinajstić information content (AvgIpc) is 2.58. The van der Waals surface area contributed by atoms with Gasteiger partial charge >= 0.3 is 11.6 Å². The molecule has 0 aliphatic carbocycles. The van der Waals surface area contributed by atoms with Gasteiger partial charge in [-0.3, -0.25) is 4.79 Å². The molecule has 7 heteroatoms. The first-order valence-electron chi connectivity index (χ1n) is 8.10. The average molecular weight is 430 g/mol. The second-order valence-corrected chi connectivity index (χ2v) is 7.05. The number of benzene rings is 2. The molecule has 1 aromatic heterocycles. The quantitative estimate of drug-likeness (QED) is 0.500. The van der Waals surface area contributed by atoms with Crippen LogP contribution in [-0.2, 0) is 9.53 Å². The number of fused-ring (bicyclic) bond motifs is 1. The normalized spacial score (nSPS) is 10.6. The molecule has 1 heterocycles. The third-order valence-corrected chi connectivity index (χ3v) is 4.25. The highest BCUT2D eigenvalue weighted by molar-refractivity contribution is 9.10. The molecular weight excluding hydrogens is 414 g/mol. The molecule has 3 aromatic rings. The van der Waals surface area contributed by atoms with Gasteiger partial charge in [-0.05, 0) is 61.4 Å². The number of carbonyl (C=O) groups excluding carboxylic acids is 2. The molecule has 0 spiro atoms. The van der Waals surface area contributed by atoms with Crippen LogP contribution in [0.5, 0.6) is 0 Å². The predicted octanol–water partition coefficient (Wildman–Crippen LogP) is 3.97.